The molecule has 0 radical (unpaired) electrons. The average Bonchev–Trinajstić information content (AvgIpc) is 2.66. The number of benzene rings is 1. The van der Waals surface area contributed by atoms with E-state index < -0.39 is 0 Å². The van der Waals surface area contributed by atoms with Gasteiger partial charge in [-0.1, -0.05) is 0 Å². The van der Waals surface area contributed by atoms with Crippen molar-refractivity contribution in [2.75, 3.05) is 32.8 Å². The van der Waals surface area contributed by atoms with Crippen LogP contribution in [0.1, 0.15) is 6.42 Å². The Labute approximate surface area is 132 Å². The Kier molecular flexibility index (Phi) is 7.26. The van der Waals surface area contributed by atoms with E-state index in [0.29, 0.717) is 16.8 Å². The molecule has 112 valence electrons. The molecule has 1 aliphatic rings. The molecule has 1 fully saturated rings. The van der Waals surface area contributed by atoms with E-state index in [2.05, 4.69) is 21.2 Å². The molecule has 1 heterocycles. The SMILES string of the molecule is Cl.O=C(COc1ccc(F)cc1Br)N1CCCNCC1. The first kappa shape index (κ1) is 17.2. The standard InChI is InChI=1S/C13H16BrFN2O2.ClH/c14-11-8-10(15)2-3-12(11)19-9-13(18)17-6-1-4-16-5-7-17;/h2-3,8,16H,1,4-7,9H2;1H. The molecule has 0 spiro atoms. The number of nitrogens with one attached hydrogen (secondary N) is 1. The maximum absolute atomic E-state index is 12.9. The molecule has 1 amide bonds. The van der Waals surface area contributed by atoms with Gasteiger partial charge in [-0.3, -0.25) is 4.79 Å². The lowest BCUT2D eigenvalue weighted by Crippen LogP contribution is -2.37. The molecule has 0 aliphatic carbocycles. The summed E-state index contributed by atoms with van der Waals surface area (Å²) in [6.07, 6.45) is 0.950. The van der Waals surface area contributed by atoms with Crippen LogP contribution < -0.4 is 10.1 Å². The summed E-state index contributed by atoms with van der Waals surface area (Å²) < 4.78 is 18.8. The van der Waals surface area contributed by atoms with Crippen molar-refractivity contribution in [3.05, 3.63) is 28.5 Å². The molecule has 0 unspecified atom stereocenters. The summed E-state index contributed by atoms with van der Waals surface area (Å²) in [7, 11) is 0. The molecule has 0 bridgehead atoms. The van der Waals surface area contributed by atoms with Crippen LogP contribution in [0, 0.1) is 5.82 Å². The van der Waals surface area contributed by atoms with Gasteiger partial charge in [0.25, 0.3) is 5.91 Å². The second-order valence-corrected chi connectivity index (χ2v) is 5.20. The highest BCUT2D eigenvalue weighted by atomic mass is 79.9. The Morgan fingerprint density at radius 3 is 2.95 bits per heavy atom. The third-order valence-corrected chi connectivity index (χ3v) is 3.56. The van der Waals surface area contributed by atoms with Crippen molar-refractivity contribution >= 4 is 34.2 Å². The van der Waals surface area contributed by atoms with Crippen molar-refractivity contribution < 1.29 is 13.9 Å². The molecule has 0 aromatic heterocycles. The van der Waals surface area contributed by atoms with Crippen molar-refractivity contribution in [2.24, 2.45) is 0 Å². The van der Waals surface area contributed by atoms with Gasteiger partial charge in [0.2, 0.25) is 0 Å². The van der Waals surface area contributed by atoms with Crippen molar-refractivity contribution in [3.8, 4) is 5.75 Å². The lowest BCUT2D eigenvalue weighted by Gasteiger charge is -2.20. The number of rotatable bonds is 3. The molecule has 1 saturated heterocycles. The van der Waals surface area contributed by atoms with Crippen LogP contribution in [0.5, 0.6) is 5.75 Å². The highest BCUT2D eigenvalue weighted by Crippen LogP contribution is 2.25. The van der Waals surface area contributed by atoms with Gasteiger partial charge in [-0.25, -0.2) is 4.39 Å². The van der Waals surface area contributed by atoms with Crippen LogP contribution >= 0.6 is 28.3 Å². The molecule has 1 N–H and O–H groups in total. The van der Waals surface area contributed by atoms with Crippen LogP contribution in [0.25, 0.3) is 0 Å². The fraction of sp³-hybridized carbons (Fsp3) is 0.462. The van der Waals surface area contributed by atoms with E-state index in [1.165, 1.54) is 18.2 Å². The van der Waals surface area contributed by atoms with Gasteiger partial charge in [-0.15, -0.1) is 12.4 Å². The van der Waals surface area contributed by atoms with Gasteiger partial charge in [-0.05, 0) is 47.1 Å². The van der Waals surface area contributed by atoms with Crippen LogP contribution in [0.3, 0.4) is 0 Å². The summed E-state index contributed by atoms with van der Waals surface area (Å²) in [6, 6.07) is 4.13. The third-order valence-electron chi connectivity index (χ3n) is 2.94. The lowest BCUT2D eigenvalue weighted by atomic mass is 10.3. The zero-order valence-corrected chi connectivity index (χ0v) is 13.3. The van der Waals surface area contributed by atoms with Gasteiger partial charge in [0.15, 0.2) is 6.61 Å². The van der Waals surface area contributed by atoms with Crippen molar-refractivity contribution in [1.82, 2.24) is 10.2 Å². The fourth-order valence-electron chi connectivity index (χ4n) is 1.92. The van der Waals surface area contributed by atoms with Gasteiger partial charge in [0.1, 0.15) is 11.6 Å². The van der Waals surface area contributed by atoms with Crippen LogP contribution in [-0.2, 0) is 4.79 Å². The number of ether oxygens (including phenoxy) is 1. The van der Waals surface area contributed by atoms with Gasteiger partial charge < -0.3 is 15.0 Å². The van der Waals surface area contributed by atoms with Gasteiger partial charge in [0, 0.05) is 19.6 Å². The first-order valence-electron chi connectivity index (χ1n) is 6.23. The quantitative estimate of drug-likeness (QED) is 0.890. The third kappa shape index (κ3) is 4.92. The minimum Gasteiger partial charge on any atom is -0.483 e. The number of nitrogens with zero attached hydrogens (tertiary/aromatic N) is 1. The van der Waals surface area contributed by atoms with Crippen LogP contribution in [0.15, 0.2) is 22.7 Å². The predicted octanol–water partition coefficient (Wildman–Crippen LogP) is 2.21. The first-order chi connectivity index (χ1) is 9.16. The molecule has 1 aromatic carbocycles. The topological polar surface area (TPSA) is 41.6 Å². The smallest absolute Gasteiger partial charge is 0.260 e. The van der Waals surface area contributed by atoms with E-state index >= 15 is 0 Å². The summed E-state index contributed by atoms with van der Waals surface area (Å²) in [6.45, 7) is 3.18. The number of hydrogen-bond acceptors (Lipinski definition) is 3. The van der Waals surface area contributed by atoms with Gasteiger partial charge in [-0.2, -0.15) is 0 Å². The maximum Gasteiger partial charge on any atom is 0.260 e. The van der Waals surface area contributed by atoms with E-state index in [-0.39, 0.29) is 30.7 Å². The van der Waals surface area contributed by atoms with E-state index in [4.69, 9.17) is 4.74 Å². The molecular weight excluding hydrogens is 351 g/mol. The highest BCUT2D eigenvalue weighted by molar-refractivity contribution is 9.10. The Hall–Kier alpha value is -0.850. The Balaban J connectivity index is 0.00000200. The molecule has 0 saturated carbocycles. The van der Waals surface area contributed by atoms with Gasteiger partial charge in [0.05, 0.1) is 4.47 Å². The second-order valence-electron chi connectivity index (χ2n) is 4.35. The summed E-state index contributed by atoms with van der Waals surface area (Å²) >= 11 is 3.21. The monoisotopic (exact) mass is 366 g/mol. The van der Waals surface area contributed by atoms with Crippen molar-refractivity contribution in [1.29, 1.82) is 0 Å². The molecule has 20 heavy (non-hydrogen) atoms. The number of hydrogen-bond donors (Lipinski definition) is 1. The predicted molar refractivity (Wildman–Crippen MR) is 80.9 cm³/mol. The molecule has 4 nitrogen and oxygen atoms in total. The fourth-order valence-corrected chi connectivity index (χ4v) is 2.38. The Bertz CT molecular complexity index is 454. The van der Waals surface area contributed by atoms with Crippen molar-refractivity contribution in [2.45, 2.75) is 6.42 Å². The Morgan fingerprint density at radius 1 is 1.40 bits per heavy atom. The summed E-state index contributed by atoms with van der Waals surface area (Å²) in [4.78, 5) is 13.8. The second kappa shape index (κ2) is 8.44. The van der Waals surface area contributed by atoms with Crippen molar-refractivity contribution in [3.63, 3.8) is 0 Å². The molecule has 1 aliphatic heterocycles. The lowest BCUT2D eigenvalue weighted by molar-refractivity contribution is -0.133. The minimum absolute atomic E-state index is 0. The molecular formula is C13H17BrClFN2O2. The van der Waals surface area contributed by atoms with Crippen LogP contribution in [0.4, 0.5) is 4.39 Å². The largest absolute Gasteiger partial charge is 0.483 e. The first-order valence-corrected chi connectivity index (χ1v) is 7.02. The van der Waals surface area contributed by atoms with E-state index in [9.17, 15) is 9.18 Å². The van der Waals surface area contributed by atoms with E-state index in [1.807, 2.05) is 0 Å². The Morgan fingerprint density at radius 2 is 2.20 bits per heavy atom. The van der Waals surface area contributed by atoms with E-state index in [1.54, 1.807) is 4.90 Å². The van der Waals surface area contributed by atoms with Crippen LogP contribution in [-0.4, -0.2) is 43.6 Å². The molecule has 1 aromatic rings. The van der Waals surface area contributed by atoms with Crippen LogP contribution in [0.2, 0.25) is 0 Å². The number of halogens is 3. The molecule has 2 rings (SSSR count). The summed E-state index contributed by atoms with van der Waals surface area (Å²) in [5.41, 5.74) is 0. The maximum atomic E-state index is 12.9. The minimum atomic E-state index is -0.343. The summed E-state index contributed by atoms with van der Waals surface area (Å²) in [5.74, 6) is 0.0896. The average molecular weight is 368 g/mol. The van der Waals surface area contributed by atoms with E-state index in [0.717, 1.165) is 26.1 Å². The number of carbonyl (C=O) groups is 1. The van der Waals surface area contributed by atoms with Gasteiger partial charge >= 0.3 is 0 Å². The number of carbonyl (C=O) groups excluding carboxylic acids is 1. The zero-order chi connectivity index (χ0) is 13.7. The number of amides is 1. The zero-order valence-electron chi connectivity index (χ0n) is 10.9. The molecule has 7 heteroatoms. The molecule has 0 atom stereocenters. The highest BCUT2D eigenvalue weighted by Gasteiger charge is 2.16. The summed E-state index contributed by atoms with van der Waals surface area (Å²) in [5, 5.41) is 3.24. The normalized spacial score (nSPS) is 15.2.